The molecule has 1 saturated heterocycles. The largest absolute Gasteiger partial charge is 0.486 e. The predicted octanol–water partition coefficient (Wildman–Crippen LogP) is 9.73. The molecule has 0 unspecified atom stereocenters. The number of ether oxygens (including phenoxy) is 1. The minimum absolute atomic E-state index is 0. The van der Waals surface area contributed by atoms with E-state index in [0.29, 0.717) is 12.0 Å². The molecule has 1 saturated carbocycles. The molecule has 0 amide bonds. The molecule has 0 N–H and O–H groups in total. The molecule has 2 aliphatic rings. The number of thiazole rings is 1. The van der Waals surface area contributed by atoms with Crippen molar-refractivity contribution in [1.29, 1.82) is 0 Å². The first kappa shape index (κ1) is 29.3. The van der Waals surface area contributed by atoms with E-state index in [2.05, 4.69) is 79.4 Å². The summed E-state index contributed by atoms with van der Waals surface area (Å²) in [4.78, 5) is 13.4. The molecular weight excluding hydrogens is 546 g/mol. The third-order valence-electron chi connectivity index (χ3n) is 8.72. The molecule has 1 aromatic heterocycles. The van der Waals surface area contributed by atoms with E-state index in [0.717, 1.165) is 33.3 Å². The molecule has 41 heavy (non-hydrogen) atoms. The van der Waals surface area contributed by atoms with Crippen LogP contribution in [0.2, 0.25) is 0 Å². The summed E-state index contributed by atoms with van der Waals surface area (Å²) in [6, 6.07) is 25.4. The number of nitrogens with zero attached hydrogens (tertiary/aromatic N) is 3. The van der Waals surface area contributed by atoms with Gasteiger partial charge in [0, 0.05) is 35.4 Å². The highest BCUT2D eigenvalue weighted by Gasteiger charge is 2.35. The van der Waals surface area contributed by atoms with Gasteiger partial charge >= 0.3 is 0 Å². The smallest absolute Gasteiger partial charge is 0.140 e. The Labute approximate surface area is 254 Å². The zero-order valence-electron chi connectivity index (χ0n) is 24.1. The molecule has 0 radical (unpaired) electrons. The monoisotopic (exact) mass is 585 g/mol. The summed E-state index contributed by atoms with van der Waals surface area (Å²) in [6.07, 6.45) is 11.9. The van der Waals surface area contributed by atoms with E-state index in [4.69, 9.17) is 14.7 Å². The number of benzene rings is 3. The molecule has 3 aromatic carbocycles. The lowest BCUT2D eigenvalue weighted by Gasteiger charge is -2.45. The van der Waals surface area contributed by atoms with Gasteiger partial charge in [0.05, 0.1) is 11.4 Å². The Kier molecular flexibility index (Phi) is 9.46. The van der Waals surface area contributed by atoms with Crippen LogP contribution in [0.1, 0.15) is 66.0 Å². The van der Waals surface area contributed by atoms with Gasteiger partial charge in [-0.2, -0.15) is 0 Å². The zero-order valence-corrected chi connectivity index (χ0v) is 25.8. The summed E-state index contributed by atoms with van der Waals surface area (Å²) in [5.74, 6) is 0.871. The van der Waals surface area contributed by atoms with Gasteiger partial charge in [-0.05, 0) is 86.9 Å². The molecule has 2 heterocycles. The van der Waals surface area contributed by atoms with Gasteiger partial charge in [-0.25, -0.2) is 4.98 Å². The second-order valence-corrected chi connectivity index (χ2v) is 12.8. The lowest BCUT2D eigenvalue weighted by atomic mass is 9.68. The van der Waals surface area contributed by atoms with Crippen LogP contribution in [0.3, 0.4) is 0 Å². The molecule has 4 nitrogen and oxygen atoms in total. The summed E-state index contributed by atoms with van der Waals surface area (Å²) in [6.45, 7) is 7.07. The van der Waals surface area contributed by atoms with Gasteiger partial charge in [-0.1, -0.05) is 61.2 Å². The van der Waals surface area contributed by atoms with Crippen molar-refractivity contribution in [3.63, 3.8) is 0 Å². The fraction of sp³-hybridized carbons (Fsp3) is 0.371. The Morgan fingerprint density at radius 2 is 1.54 bits per heavy atom. The first-order chi connectivity index (χ1) is 19.6. The van der Waals surface area contributed by atoms with Gasteiger partial charge in [0.1, 0.15) is 17.4 Å². The highest BCUT2D eigenvalue weighted by atomic mass is 35.5. The first-order valence-electron chi connectivity index (χ1n) is 14.7. The highest BCUT2D eigenvalue weighted by Crippen LogP contribution is 2.45. The maximum atomic E-state index is 5.94. The van der Waals surface area contributed by atoms with Crippen LogP contribution in [0.5, 0.6) is 5.75 Å². The van der Waals surface area contributed by atoms with E-state index in [9.17, 15) is 0 Å². The predicted molar refractivity (Wildman–Crippen MR) is 176 cm³/mol. The maximum absolute atomic E-state index is 5.94. The molecule has 1 aliphatic carbocycles. The Hall–Kier alpha value is -3.15. The van der Waals surface area contributed by atoms with Crippen LogP contribution in [-0.2, 0) is 6.61 Å². The molecule has 214 valence electrons. The fourth-order valence-corrected chi connectivity index (χ4v) is 7.10. The summed E-state index contributed by atoms with van der Waals surface area (Å²) in [5, 5.41) is 0.983. The van der Waals surface area contributed by atoms with Crippen LogP contribution in [0.25, 0.3) is 11.3 Å². The summed E-state index contributed by atoms with van der Waals surface area (Å²) in [7, 11) is 0. The standard InChI is InChI=1S/C35H39N3OS.ClH/c1-26-6-16-32(17-7-26)39-25-33-37-34(27(2)40-33)29-10-12-30(13-11-29)36-24-28-8-14-31(15-9-28)38-22-20-35(21-23-38)18-4-3-5-19-35;/h6-17,24H,3-5,18-23,25H2,1-2H3;1H. The van der Waals surface area contributed by atoms with Crippen LogP contribution in [0, 0.1) is 19.3 Å². The van der Waals surface area contributed by atoms with Crippen molar-refractivity contribution >= 4 is 41.3 Å². The minimum Gasteiger partial charge on any atom is -0.486 e. The average molecular weight is 586 g/mol. The van der Waals surface area contributed by atoms with Crippen LogP contribution < -0.4 is 9.64 Å². The molecule has 4 aromatic rings. The van der Waals surface area contributed by atoms with Crippen molar-refractivity contribution in [1.82, 2.24) is 4.98 Å². The Morgan fingerprint density at radius 1 is 0.854 bits per heavy atom. The Morgan fingerprint density at radius 3 is 2.22 bits per heavy atom. The third-order valence-corrected chi connectivity index (χ3v) is 9.67. The molecule has 2 fully saturated rings. The number of rotatable bonds is 7. The van der Waals surface area contributed by atoms with Crippen LogP contribution in [0.4, 0.5) is 11.4 Å². The number of hydrogen-bond acceptors (Lipinski definition) is 5. The number of aromatic nitrogens is 1. The van der Waals surface area contributed by atoms with Crippen LogP contribution >= 0.6 is 23.7 Å². The van der Waals surface area contributed by atoms with Crippen molar-refractivity contribution in [2.24, 2.45) is 10.4 Å². The van der Waals surface area contributed by atoms with E-state index in [1.807, 2.05) is 18.3 Å². The number of aryl methyl sites for hydroxylation is 2. The number of piperidine rings is 1. The number of halogens is 1. The Bertz CT molecular complexity index is 1430. The van der Waals surface area contributed by atoms with Crippen molar-refractivity contribution in [3.8, 4) is 17.0 Å². The molecule has 6 heteroatoms. The van der Waals surface area contributed by atoms with Crippen molar-refractivity contribution < 1.29 is 4.74 Å². The van der Waals surface area contributed by atoms with E-state index in [-0.39, 0.29) is 12.4 Å². The van der Waals surface area contributed by atoms with E-state index in [1.54, 1.807) is 11.3 Å². The minimum atomic E-state index is 0. The van der Waals surface area contributed by atoms with Gasteiger partial charge in [0.2, 0.25) is 0 Å². The van der Waals surface area contributed by atoms with Crippen LogP contribution in [-0.4, -0.2) is 24.3 Å². The summed E-state index contributed by atoms with van der Waals surface area (Å²) >= 11 is 1.69. The first-order valence-corrected chi connectivity index (χ1v) is 15.5. The van der Waals surface area contributed by atoms with Gasteiger partial charge in [0.15, 0.2) is 0 Å². The van der Waals surface area contributed by atoms with E-state index in [1.165, 1.54) is 74.2 Å². The topological polar surface area (TPSA) is 37.7 Å². The van der Waals surface area contributed by atoms with Crippen molar-refractivity contribution in [3.05, 3.63) is 93.8 Å². The summed E-state index contributed by atoms with van der Waals surface area (Å²) in [5.41, 5.74) is 7.41. The Balaban J connectivity index is 0.00000337. The third kappa shape index (κ3) is 7.20. The van der Waals surface area contributed by atoms with Gasteiger partial charge in [0.25, 0.3) is 0 Å². The number of hydrogen-bond donors (Lipinski definition) is 0. The van der Waals surface area contributed by atoms with Crippen molar-refractivity contribution in [2.75, 3.05) is 18.0 Å². The average Bonchev–Trinajstić information content (AvgIpc) is 3.37. The van der Waals surface area contributed by atoms with Gasteiger partial charge in [-0.3, -0.25) is 4.99 Å². The van der Waals surface area contributed by atoms with Gasteiger partial charge < -0.3 is 9.64 Å². The zero-order chi connectivity index (χ0) is 27.4. The SMILES string of the molecule is Cc1ccc(OCc2nc(-c3ccc(N=Cc4ccc(N5CCC6(CCCCC6)CC5)cc4)cc3)c(C)s2)cc1.Cl. The number of anilines is 1. The second kappa shape index (κ2) is 13.2. The molecule has 1 aliphatic heterocycles. The van der Waals surface area contributed by atoms with E-state index < -0.39 is 0 Å². The fourth-order valence-electron chi connectivity index (χ4n) is 6.23. The van der Waals surface area contributed by atoms with Crippen molar-refractivity contribution in [2.45, 2.75) is 65.4 Å². The molecular formula is C35H40ClN3OS. The molecule has 0 bridgehead atoms. The van der Waals surface area contributed by atoms with Gasteiger partial charge in [-0.15, -0.1) is 23.7 Å². The quantitative estimate of drug-likeness (QED) is 0.203. The molecule has 1 spiro atoms. The maximum Gasteiger partial charge on any atom is 0.140 e. The van der Waals surface area contributed by atoms with Crippen LogP contribution in [0.15, 0.2) is 77.8 Å². The number of aliphatic imine (C=N–C) groups is 1. The lowest BCUT2D eigenvalue weighted by molar-refractivity contribution is 0.144. The highest BCUT2D eigenvalue weighted by molar-refractivity contribution is 7.12. The van der Waals surface area contributed by atoms with E-state index >= 15 is 0 Å². The molecule has 0 atom stereocenters. The normalized spacial score (nSPS) is 16.6. The summed E-state index contributed by atoms with van der Waals surface area (Å²) < 4.78 is 5.94. The molecule has 6 rings (SSSR count). The second-order valence-electron chi connectivity index (χ2n) is 11.6. The lowest BCUT2D eigenvalue weighted by Crippen LogP contribution is -2.41.